The molecular formula is C14H20N2OS. The second-order valence-corrected chi connectivity index (χ2v) is 5.91. The van der Waals surface area contributed by atoms with Crippen LogP contribution < -0.4 is 5.73 Å². The van der Waals surface area contributed by atoms with Crippen LogP contribution in [0.4, 0.5) is 0 Å². The van der Waals surface area contributed by atoms with E-state index >= 15 is 0 Å². The van der Waals surface area contributed by atoms with Crippen molar-refractivity contribution in [3.8, 4) is 0 Å². The molecule has 2 N–H and O–H groups in total. The Morgan fingerprint density at radius 3 is 2.83 bits per heavy atom. The minimum atomic E-state index is -0.428. The molecule has 1 amide bonds. The molecule has 1 fully saturated rings. The highest BCUT2D eigenvalue weighted by molar-refractivity contribution is 7.99. The predicted octanol–water partition coefficient (Wildman–Crippen LogP) is 1.52. The highest BCUT2D eigenvalue weighted by Crippen LogP contribution is 2.21. The van der Waals surface area contributed by atoms with Gasteiger partial charge in [-0.1, -0.05) is 30.3 Å². The van der Waals surface area contributed by atoms with Crippen LogP contribution in [0.2, 0.25) is 0 Å². The Balaban J connectivity index is 1.91. The third kappa shape index (κ3) is 3.27. The van der Waals surface area contributed by atoms with Gasteiger partial charge in [-0.05, 0) is 24.2 Å². The topological polar surface area (TPSA) is 46.3 Å². The number of benzene rings is 1. The molecule has 0 aliphatic carbocycles. The Bertz CT molecular complexity index is 390. The number of nitrogens with two attached hydrogens (primary N) is 1. The van der Waals surface area contributed by atoms with E-state index in [4.69, 9.17) is 5.73 Å². The van der Waals surface area contributed by atoms with E-state index in [1.165, 1.54) is 0 Å². The molecule has 0 radical (unpaired) electrons. The summed E-state index contributed by atoms with van der Waals surface area (Å²) < 4.78 is 0. The van der Waals surface area contributed by atoms with Crippen LogP contribution in [0.25, 0.3) is 0 Å². The number of thioether (sulfide) groups is 1. The average molecular weight is 264 g/mol. The van der Waals surface area contributed by atoms with Crippen LogP contribution in [0.5, 0.6) is 0 Å². The van der Waals surface area contributed by atoms with E-state index in [1.807, 2.05) is 54.0 Å². The van der Waals surface area contributed by atoms with Gasteiger partial charge in [0.25, 0.3) is 0 Å². The van der Waals surface area contributed by atoms with E-state index in [-0.39, 0.29) is 5.91 Å². The third-order valence-corrected chi connectivity index (χ3v) is 4.56. The maximum atomic E-state index is 12.2. The molecule has 0 bridgehead atoms. The Labute approximate surface area is 113 Å². The van der Waals surface area contributed by atoms with Crippen LogP contribution in [0, 0.1) is 0 Å². The van der Waals surface area contributed by atoms with Crippen molar-refractivity contribution in [2.24, 2.45) is 5.73 Å². The van der Waals surface area contributed by atoms with Crippen molar-refractivity contribution in [3.05, 3.63) is 35.9 Å². The second kappa shape index (κ2) is 6.25. The van der Waals surface area contributed by atoms with Crippen LogP contribution in [0.1, 0.15) is 12.0 Å². The van der Waals surface area contributed by atoms with Crippen LogP contribution in [0.15, 0.2) is 30.3 Å². The minimum absolute atomic E-state index is 0.0614. The molecule has 1 aliphatic rings. The van der Waals surface area contributed by atoms with Gasteiger partial charge < -0.3 is 10.6 Å². The first-order valence-electron chi connectivity index (χ1n) is 6.32. The van der Waals surface area contributed by atoms with Crippen molar-refractivity contribution in [2.75, 3.05) is 18.6 Å². The van der Waals surface area contributed by atoms with Crippen molar-refractivity contribution in [1.29, 1.82) is 0 Å². The molecule has 0 saturated carbocycles. The van der Waals surface area contributed by atoms with Gasteiger partial charge in [0.15, 0.2) is 0 Å². The number of nitrogens with zero attached hydrogens (tertiary/aromatic N) is 1. The van der Waals surface area contributed by atoms with E-state index < -0.39 is 6.04 Å². The SMILES string of the molecule is CN(C(=O)[C@@H](N)Cc1ccccc1)[C@@H]1CCSC1. The number of likely N-dealkylation sites (N-methyl/N-ethyl adjacent to an activating group) is 1. The quantitative estimate of drug-likeness (QED) is 0.897. The van der Waals surface area contributed by atoms with Gasteiger partial charge in [0.1, 0.15) is 0 Å². The van der Waals surface area contributed by atoms with E-state index in [9.17, 15) is 4.79 Å². The molecule has 2 rings (SSSR count). The lowest BCUT2D eigenvalue weighted by atomic mass is 10.0. The van der Waals surface area contributed by atoms with Crippen molar-refractivity contribution in [2.45, 2.75) is 24.9 Å². The lowest BCUT2D eigenvalue weighted by molar-refractivity contribution is -0.132. The van der Waals surface area contributed by atoms with E-state index in [0.29, 0.717) is 12.5 Å². The summed E-state index contributed by atoms with van der Waals surface area (Å²) in [5.41, 5.74) is 7.14. The smallest absolute Gasteiger partial charge is 0.239 e. The van der Waals surface area contributed by atoms with Gasteiger partial charge in [-0.25, -0.2) is 0 Å². The van der Waals surface area contributed by atoms with Crippen molar-refractivity contribution >= 4 is 17.7 Å². The molecule has 4 heteroatoms. The lowest BCUT2D eigenvalue weighted by Crippen LogP contribution is -2.47. The summed E-state index contributed by atoms with van der Waals surface area (Å²) >= 11 is 1.91. The zero-order valence-corrected chi connectivity index (χ0v) is 11.5. The van der Waals surface area contributed by atoms with E-state index in [0.717, 1.165) is 23.5 Å². The molecule has 1 aromatic rings. The van der Waals surface area contributed by atoms with Gasteiger partial charge in [0.05, 0.1) is 6.04 Å². The second-order valence-electron chi connectivity index (χ2n) is 4.76. The number of hydrogen-bond acceptors (Lipinski definition) is 3. The fraction of sp³-hybridized carbons (Fsp3) is 0.500. The first-order valence-corrected chi connectivity index (χ1v) is 7.48. The Morgan fingerprint density at radius 2 is 2.22 bits per heavy atom. The van der Waals surface area contributed by atoms with Crippen LogP contribution in [-0.4, -0.2) is 41.4 Å². The van der Waals surface area contributed by atoms with Crippen molar-refractivity contribution in [3.63, 3.8) is 0 Å². The number of carbonyl (C=O) groups is 1. The Hall–Kier alpha value is -1.00. The minimum Gasteiger partial charge on any atom is -0.341 e. The molecule has 1 aliphatic heterocycles. The fourth-order valence-electron chi connectivity index (χ4n) is 2.22. The normalized spacial score (nSPS) is 20.7. The molecule has 18 heavy (non-hydrogen) atoms. The Kier molecular flexibility index (Phi) is 4.66. The highest BCUT2D eigenvalue weighted by atomic mass is 32.2. The van der Waals surface area contributed by atoms with Gasteiger partial charge in [-0.3, -0.25) is 4.79 Å². The largest absolute Gasteiger partial charge is 0.341 e. The predicted molar refractivity (Wildman–Crippen MR) is 76.6 cm³/mol. The number of hydrogen-bond donors (Lipinski definition) is 1. The molecule has 1 saturated heterocycles. The molecule has 2 atom stereocenters. The summed E-state index contributed by atoms with van der Waals surface area (Å²) in [6.45, 7) is 0. The third-order valence-electron chi connectivity index (χ3n) is 3.42. The van der Waals surface area contributed by atoms with Gasteiger partial charge in [-0.15, -0.1) is 0 Å². The molecule has 0 aromatic heterocycles. The molecule has 98 valence electrons. The van der Waals surface area contributed by atoms with Crippen LogP contribution in [0.3, 0.4) is 0 Å². The van der Waals surface area contributed by atoms with E-state index in [2.05, 4.69) is 0 Å². The van der Waals surface area contributed by atoms with Gasteiger partial charge in [0.2, 0.25) is 5.91 Å². The van der Waals surface area contributed by atoms with Gasteiger partial charge in [-0.2, -0.15) is 11.8 Å². The van der Waals surface area contributed by atoms with Crippen molar-refractivity contribution < 1.29 is 4.79 Å². The molecular weight excluding hydrogens is 244 g/mol. The molecule has 1 heterocycles. The maximum Gasteiger partial charge on any atom is 0.239 e. The van der Waals surface area contributed by atoms with Gasteiger partial charge >= 0.3 is 0 Å². The van der Waals surface area contributed by atoms with Gasteiger partial charge in [0, 0.05) is 18.8 Å². The highest BCUT2D eigenvalue weighted by Gasteiger charge is 2.27. The first-order chi connectivity index (χ1) is 8.68. The zero-order valence-electron chi connectivity index (χ0n) is 10.7. The summed E-state index contributed by atoms with van der Waals surface area (Å²) in [6, 6.07) is 9.89. The monoisotopic (exact) mass is 264 g/mol. The molecule has 3 nitrogen and oxygen atoms in total. The summed E-state index contributed by atoms with van der Waals surface area (Å²) in [5.74, 6) is 2.25. The zero-order chi connectivity index (χ0) is 13.0. The maximum absolute atomic E-state index is 12.2. The summed E-state index contributed by atoms with van der Waals surface area (Å²) in [7, 11) is 1.88. The number of rotatable bonds is 4. The average Bonchev–Trinajstić information content (AvgIpc) is 2.92. The molecule has 1 aromatic carbocycles. The fourth-order valence-corrected chi connectivity index (χ4v) is 3.49. The van der Waals surface area contributed by atoms with E-state index in [1.54, 1.807) is 0 Å². The lowest BCUT2D eigenvalue weighted by Gasteiger charge is -2.26. The summed E-state index contributed by atoms with van der Waals surface area (Å²) in [4.78, 5) is 14.1. The standard InChI is InChI=1S/C14H20N2OS/c1-16(12-7-8-18-10-12)14(17)13(15)9-11-5-3-2-4-6-11/h2-6,12-13H,7-10,15H2,1H3/t12-,13+/m1/s1. The van der Waals surface area contributed by atoms with Crippen LogP contribution in [-0.2, 0) is 11.2 Å². The van der Waals surface area contributed by atoms with Crippen molar-refractivity contribution in [1.82, 2.24) is 4.90 Å². The first kappa shape index (κ1) is 13.4. The number of carbonyl (C=O) groups excluding carboxylic acids is 1. The summed E-state index contributed by atoms with van der Waals surface area (Å²) in [6.07, 6.45) is 1.70. The molecule has 0 unspecified atom stereocenters. The van der Waals surface area contributed by atoms with Crippen LogP contribution >= 0.6 is 11.8 Å². The molecule has 0 spiro atoms. The summed E-state index contributed by atoms with van der Waals surface area (Å²) in [5, 5.41) is 0. The number of amides is 1. The Morgan fingerprint density at radius 1 is 1.50 bits per heavy atom.